The molecule has 0 bridgehead atoms. The van der Waals surface area contributed by atoms with Crippen LogP contribution in [0.1, 0.15) is 29.6 Å². The quantitative estimate of drug-likeness (QED) is 0.734. The van der Waals surface area contributed by atoms with Crippen molar-refractivity contribution in [2.24, 2.45) is 7.05 Å². The van der Waals surface area contributed by atoms with E-state index in [4.69, 9.17) is 4.52 Å². The maximum atomic E-state index is 12.7. The van der Waals surface area contributed by atoms with E-state index in [0.717, 1.165) is 37.2 Å². The van der Waals surface area contributed by atoms with Crippen molar-refractivity contribution < 1.29 is 9.32 Å². The van der Waals surface area contributed by atoms with Gasteiger partial charge in [0.05, 0.1) is 0 Å². The van der Waals surface area contributed by atoms with Gasteiger partial charge in [0.15, 0.2) is 0 Å². The molecule has 25 heavy (non-hydrogen) atoms. The predicted octanol–water partition coefficient (Wildman–Crippen LogP) is 2.76. The van der Waals surface area contributed by atoms with Crippen molar-refractivity contribution in [1.82, 2.24) is 24.8 Å². The summed E-state index contributed by atoms with van der Waals surface area (Å²) in [7, 11) is 1.82. The lowest BCUT2D eigenvalue weighted by Crippen LogP contribution is -2.35. The van der Waals surface area contributed by atoms with Gasteiger partial charge in [-0.15, -0.1) is 0 Å². The van der Waals surface area contributed by atoms with Crippen molar-refractivity contribution in [2.45, 2.75) is 19.3 Å². The summed E-state index contributed by atoms with van der Waals surface area (Å²) in [5.74, 6) is 0.934. The first-order valence-electron chi connectivity index (χ1n) is 8.44. The lowest BCUT2D eigenvalue weighted by Gasteiger charge is -2.26. The van der Waals surface area contributed by atoms with E-state index in [2.05, 4.69) is 15.2 Å². The third-order valence-electron chi connectivity index (χ3n) is 4.48. The molecule has 1 aromatic carbocycles. The fourth-order valence-corrected chi connectivity index (χ4v) is 3.10. The average Bonchev–Trinajstić information content (AvgIpc) is 3.31. The summed E-state index contributed by atoms with van der Waals surface area (Å²) in [6.07, 6.45) is 5.02. The van der Waals surface area contributed by atoms with Crippen molar-refractivity contribution >= 4 is 5.91 Å². The molecule has 0 N–H and O–H groups in total. The first-order valence-corrected chi connectivity index (χ1v) is 8.44. The van der Waals surface area contributed by atoms with Crippen LogP contribution in [0.2, 0.25) is 0 Å². The molecule has 7 nitrogen and oxygen atoms in total. The summed E-state index contributed by atoms with van der Waals surface area (Å²) in [5, 5.41) is 8.15. The van der Waals surface area contributed by atoms with E-state index >= 15 is 0 Å². The molecule has 1 saturated heterocycles. The minimum atomic E-state index is 0.0666. The van der Waals surface area contributed by atoms with Crippen LogP contribution in [0.5, 0.6) is 0 Å². The highest BCUT2D eigenvalue weighted by Gasteiger charge is 2.19. The Morgan fingerprint density at radius 1 is 1.16 bits per heavy atom. The van der Waals surface area contributed by atoms with Gasteiger partial charge in [0.1, 0.15) is 5.69 Å². The van der Waals surface area contributed by atoms with Crippen molar-refractivity contribution in [3.63, 3.8) is 0 Å². The molecule has 4 rings (SSSR count). The van der Waals surface area contributed by atoms with E-state index in [1.54, 1.807) is 10.9 Å². The molecule has 128 valence electrons. The number of amides is 1. The number of carbonyl (C=O) groups excluding carboxylic acids is 1. The Hall–Kier alpha value is -2.96. The Morgan fingerprint density at radius 3 is 2.76 bits per heavy atom. The number of benzene rings is 1. The molecular weight excluding hydrogens is 318 g/mol. The molecule has 0 radical (unpaired) electrons. The minimum absolute atomic E-state index is 0.0666. The third kappa shape index (κ3) is 3.05. The van der Waals surface area contributed by atoms with E-state index in [9.17, 15) is 4.79 Å². The molecule has 0 saturated carbocycles. The summed E-state index contributed by atoms with van der Waals surface area (Å²) in [5.41, 5.74) is 2.17. The van der Waals surface area contributed by atoms with Crippen LogP contribution in [0.4, 0.5) is 0 Å². The van der Waals surface area contributed by atoms with Gasteiger partial charge < -0.3 is 9.42 Å². The van der Waals surface area contributed by atoms with Gasteiger partial charge in [0.2, 0.25) is 5.82 Å². The van der Waals surface area contributed by atoms with Crippen molar-refractivity contribution in [3.05, 3.63) is 42.1 Å². The molecule has 0 unspecified atom stereocenters. The first kappa shape index (κ1) is 15.6. The number of aromatic nitrogens is 4. The zero-order valence-electron chi connectivity index (χ0n) is 14.1. The standard InChI is InChI=1S/C18H19N5O2/c1-22-15(8-9-19-22)17-20-16(21-25-17)13-6-5-7-14(12-13)18(24)23-10-3-2-4-11-23/h5-9,12H,2-4,10-11H2,1H3. The Balaban J connectivity index is 1.60. The number of piperidine rings is 1. The molecule has 3 heterocycles. The maximum Gasteiger partial charge on any atom is 0.276 e. The zero-order chi connectivity index (χ0) is 17.2. The highest BCUT2D eigenvalue weighted by Crippen LogP contribution is 2.23. The maximum absolute atomic E-state index is 12.7. The first-order chi connectivity index (χ1) is 12.2. The van der Waals surface area contributed by atoms with Gasteiger partial charge in [-0.3, -0.25) is 9.48 Å². The van der Waals surface area contributed by atoms with Gasteiger partial charge in [-0.1, -0.05) is 17.3 Å². The van der Waals surface area contributed by atoms with Crippen LogP contribution >= 0.6 is 0 Å². The van der Waals surface area contributed by atoms with Gasteiger partial charge in [-0.2, -0.15) is 10.1 Å². The largest absolute Gasteiger partial charge is 0.339 e. The molecule has 1 fully saturated rings. The minimum Gasteiger partial charge on any atom is -0.339 e. The average molecular weight is 337 g/mol. The number of rotatable bonds is 3. The lowest BCUT2D eigenvalue weighted by atomic mass is 10.1. The molecule has 7 heteroatoms. The van der Waals surface area contributed by atoms with Gasteiger partial charge >= 0.3 is 0 Å². The fourth-order valence-electron chi connectivity index (χ4n) is 3.10. The van der Waals surface area contributed by atoms with E-state index < -0.39 is 0 Å². The van der Waals surface area contributed by atoms with E-state index in [1.807, 2.05) is 42.3 Å². The molecule has 1 amide bonds. The van der Waals surface area contributed by atoms with E-state index in [-0.39, 0.29) is 5.91 Å². The second kappa shape index (κ2) is 6.51. The highest BCUT2D eigenvalue weighted by atomic mass is 16.5. The van der Waals surface area contributed by atoms with Crippen molar-refractivity contribution in [1.29, 1.82) is 0 Å². The molecule has 0 atom stereocenters. The summed E-state index contributed by atoms with van der Waals surface area (Å²) >= 11 is 0. The van der Waals surface area contributed by atoms with Crippen LogP contribution in [-0.4, -0.2) is 43.8 Å². The number of carbonyl (C=O) groups is 1. The predicted molar refractivity (Wildman–Crippen MR) is 91.7 cm³/mol. The Labute approximate surface area is 145 Å². The SMILES string of the molecule is Cn1nccc1-c1nc(-c2cccc(C(=O)N3CCCCC3)c2)no1. The molecule has 1 aliphatic heterocycles. The molecule has 0 spiro atoms. The molecule has 1 aliphatic rings. The summed E-state index contributed by atoms with van der Waals surface area (Å²) < 4.78 is 7.02. The van der Waals surface area contributed by atoms with E-state index in [0.29, 0.717) is 17.3 Å². The lowest BCUT2D eigenvalue weighted by molar-refractivity contribution is 0.0724. The normalized spacial score (nSPS) is 14.7. The van der Waals surface area contributed by atoms with Gasteiger partial charge in [0, 0.05) is 37.5 Å². The van der Waals surface area contributed by atoms with Crippen LogP contribution in [-0.2, 0) is 7.05 Å². The van der Waals surface area contributed by atoms with Crippen LogP contribution in [0, 0.1) is 0 Å². The fraction of sp³-hybridized carbons (Fsp3) is 0.333. The van der Waals surface area contributed by atoms with Crippen molar-refractivity contribution in [3.8, 4) is 23.0 Å². The van der Waals surface area contributed by atoms with Gasteiger partial charge in [-0.05, 0) is 37.5 Å². The van der Waals surface area contributed by atoms with Gasteiger partial charge in [0.25, 0.3) is 11.8 Å². The monoisotopic (exact) mass is 337 g/mol. The molecule has 0 aliphatic carbocycles. The molecule has 3 aromatic rings. The van der Waals surface area contributed by atoms with Gasteiger partial charge in [-0.25, -0.2) is 0 Å². The molecular formula is C18H19N5O2. The molecule has 2 aromatic heterocycles. The van der Waals surface area contributed by atoms with Crippen LogP contribution < -0.4 is 0 Å². The smallest absolute Gasteiger partial charge is 0.276 e. The van der Waals surface area contributed by atoms with Crippen molar-refractivity contribution in [2.75, 3.05) is 13.1 Å². The van der Waals surface area contributed by atoms with Crippen LogP contribution in [0.15, 0.2) is 41.1 Å². The number of hydrogen-bond donors (Lipinski definition) is 0. The second-order valence-electron chi connectivity index (χ2n) is 6.20. The summed E-state index contributed by atoms with van der Waals surface area (Å²) in [4.78, 5) is 19.0. The number of aryl methyl sites for hydroxylation is 1. The highest BCUT2D eigenvalue weighted by molar-refractivity contribution is 5.95. The summed E-state index contributed by atoms with van der Waals surface area (Å²) in [6, 6.07) is 9.21. The number of likely N-dealkylation sites (tertiary alicyclic amines) is 1. The number of hydrogen-bond acceptors (Lipinski definition) is 5. The third-order valence-corrected chi connectivity index (χ3v) is 4.48. The Kier molecular flexibility index (Phi) is 4.05. The zero-order valence-corrected chi connectivity index (χ0v) is 14.1. The van der Waals surface area contributed by atoms with Crippen LogP contribution in [0.25, 0.3) is 23.0 Å². The number of nitrogens with zero attached hydrogens (tertiary/aromatic N) is 5. The van der Waals surface area contributed by atoms with Crippen LogP contribution in [0.3, 0.4) is 0 Å². The Morgan fingerprint density at radius 2 is 2.00 bits per heavy atom. The Bertz CT molecular complexity index is 892. The summed E-state index contributed by atoms with van der Waals surface area (Å²) in [6.45, 7) is 1.66. The second-order valence-corrected chi connectivity index (χ2v) is 6.20. The van der Waals surface area contributed by atoms with E-state index in [1.165, 1.54) is 6.42 Å². The topological polar surface area (TPSA) is 77.1 Å².